The fraction of sp³-hybridized carbons (Fsp3) is 0.353. The predicted octanol–water partition coefficient (Wildman–Crippen LogP) is 2.75. The van der Waals surface area contributed by atoms with Gasteiger partial charge in [0.05, 0.1) is 13.0 Å². The van der Waals surface area contributed by atoms with Gasteiger partial charge in [0.1, 0.15) is 0 Å². The average molecular weight is 285 g/mol. The number of aromatic nitrogens is 1. The van der Waals surface area contributed by atoms with Crippen LogP contribution in [0, 0.1) is 0 Å². The maximum atomic E-state index is 11.7. The van der Waals surface area contributed by atoms with Gasteiger partial charge in [0.15, 0.2) is 0 Å². The van der Waals surface area contributed by atoms with E-state index in [1.807, 2.05) is 24.3 Å². The topological polar surface area (TPSA) is 37.3 Å². The first-order valence-corrected chi connectivity index (χ1v) is 7.27. The number of hydrogen-bond acceptors (Lipinski definition) is 2. The zero-order valence-corrected chi connectivity index (χ0v) is 13.0. The third kappa shape index (κ3) is 4.12. The Morgan fingerprint density at radius 3 is 2.52 bits per heavy atom. The number of aryl methyl sites for hydroxylation is 1. The number of nitrogens with one attached hydrogen (secondary N) is 1. The first-order chi connectivity index (χ1) is 10.1. The monoisotopic (exact) mass is 285 g/mol. The number of likely N-dealkylation sites (N-methyl/N-ethyl adjacent to an activating group) is 1. The SMILES string of the molecule is CCn1cccc1CNc1ccc(CC(=O)N(C)C)cc1. The van der Waals surface area contributed by atoms with Crippen molar-refractivity contribution in [2.45, 2.75) is 26.4 Å². The number of carbonyl (C=O) groups excluding carboxylic acids is 1. The number of benzene rings is 1. The van der Waals surface area contributed by atoms with Crippen LogP contribution in [0.1, 0.15) is 18.2 Å². The molecule has 0 unspecified atom stereocenters. The second kappa shape index (κ2) is 6.97. The summed E-state index contributed by atoms with van der Waals surface area (Å²) in [4.78, 5) is 13.3. The van der Waals surface area contributed by atoms with E-state index in [-0.39, 0.29) is 5.91 Å². The minimum atomic E-state index is 0.122. The predicted molar refractivity (Wildman–Crippen MR) is 86.3 cm³/mol. The van der Waals surface area contributed by atoms with Crippen molar-refractivity contribution in [3.8, 4) is 0 Å². The van der Waals surface area contributed by atoms with E-state index in [1.54, 1.807) is 19.0 Å². The van der Waals surface area contributed by atoms with E-state index in [0.717, 1.165) is 24.3 Å². The fourth-order valence-corrected chi connectivity index (χ4v) is 2.18. The number of anilines is 1. The Morgan fingerprint density at radius 1 is 1.19 bits per heavy atom. The van der Waals surface area contributed by atoms with E-state index < -0.39 is 0 Å². The third-order valence-electron chi connectivity index (χ3n) is 3.55. The Bertz CT molecular complexity index is 584. The molecule has 0 atom stereocenters. The lowest BCUT2D eigenvalue weighted by atomic mass is 10.1. The van der Waals surface area contributed by atoms with Gasteiger partial charge < -0.3 is 14.8 Å². The molecule has 4 nitrogen and oxygen atoms in total. The minimum Gasteiger partial charge on any atom is -0.379 e. The zero-order chi connectivity index (χ0) is 15.2. The highest BCUT2D eigenvalue weighted by Gasteiger charge is 2.05. The van der Waals surface area contributed by atoms with Crippen molar-refractivity contribution in [2.75, 3.05) is 19.4 Å². The molecule has 0 bridgehead atoms. The number of rotatable bonds is 6. The smallest absolute Gasteiger partial charge is 0.226 e. The normalized spacial score (nSPS) is 10.4. The molecule has 1 aromatic heterocycles. The van der Waals surface area contributed by atoms with Crippen molar-refractivity contribution in [3.63, 3.8) is 0 Å². The van der Waals surface area contributed by atoms with Crippen LogP contribution in [0.3, 0.4) is 0 Å². The summed E-state index contributed by atoms with van der Waals surface area (Å²) in [6, 6.07) is 12.2. The van der Waals surface area contributed by atoms with E-state index in [0.29, 0.717) is 6.42 Å². The molecule has 0 spiro atoms. The van der Waals surface area contributed by atoms with Crippen LogP contribution in [0.4, 0.5) is 5.69 Å². The Labute approximate surface area is 126 Å². The zero-order valence-electron chi connectivity index (χ0n) is 13.0. The number of nitrogens with zero attached hydrogens (tertiary/aromatic N) is 2. The van der Waals surface area contributed by atoms with E-state index in [4.69, 9.17) is 0 Å². The Balaban J connectivity index is 1.92. The first-order valence-electron chi connectivity index (χ1n) is 7.27. The fourth-order valence-electron chi connectivity index (χ4n) is 2.18. The molecule has 2 aromatic rings. The second-order valence-electron chi connectivity index (χ2n) is 5.30. The molecule has 0 saturated carbocycles. The first kappa shape index (κ1) is 15.2. The molecule has 4 heteroatoms. The summed E-state index contributed by atoms with van der Waals surface area (Å²) in [5.74, 6) is 0.122. The van der Waals surface area contributed by atoms with E-state index in [9.17, 15) is 4.79 Å². The molecule has 0 radical (unpaired) electrons. The van der Waals surface area contributed by atoms with Crippen LogP contribution in [0.5, 0.6) is 0 Å². The van der Waals surface area contributed by atoms with Crippen LogP contribution in [0.15, 0.2) is 42.6 Å². The molecule has 0 saturated heterocycles. The van der Waals surface area contributed by atoms with Crippen LogP contribution < -0.4 is 5.32 Å². The van der Waals surface area contributed by atoms with Crippen molar-refractivity contribution in [3.05, 3.63) is 53.9 Å². The molecule has 1 N–H and O–H groups in total. The van der Waals surface area contributed by atoms with Gasteiger partial charge in [0.25, 0.3) is 0 Å². The van der Waals surface area contributed by atoms with Gasteiger partial charge in [-0.3, -0.25) is 4.79 Å². The van der Waals surface area contributed by atoms with Crippen LogP contribution >= 0.6 is 0 Å². The van der Waals surface area contributed by atoms with Crippen LogP contribution in [-0.4, -0.2) is 29.5 Å². The Morgan fingerprint density at radius 2 is 1.90 bits per heavy atom. The molecule has 2 rings (SSSR count). The summed E-state index contributed by atoms with van der Waals surface area (Å²) in [6.45, 7) is 3.92. The van der Waals surface area contributed by atoms with Crippen molar-refractivity contribution in [1.29, 1.82) is 0 Å². The molecule has 0 aliphatic rings. The van der Waals surface area contributed by atoms with Crippen molar-refractivity contribution in [2.24, 2.45) is 0 Å². The molecule has 0 fully saturated rings. The lowest BCUT2D eigenvalue weighted by Gasteiger charge is -2.11. The van der Waals surface area contributed by atoms with Gasteiger partial charge in [0, 0.05) is 38.2 Å². The standard InChI is InChI=1S/C17H23N3O/c1-4-20-11-5-6-16(20)13-18-15-9-7-14(8-10-15)12-17(21)19(2)3/h5-11,18H,4,12-13H2,1-3H3. The summed E-state index contributed by atoms with van der Waals surface area (Å²) in [5.41, 5.74) is 3.38. The van der Waals surface area contributed by atoms with Gasteiger partial charge in [-0.05, 0) is 36.8 Å². The molecular formula is C17H23N3O. The van der Waals surface area contributed by atoms with E-state index in [2.05, 4.69) is 35.1 Å². The highest BCUT2D eigenvalue weighted by Crippen LogP contribution is 2.12. The summed E-state index contributed by atoms with van der Waals surface area (Å²) >= 11 is 0. The molecule has 21 heavy (non-hydrogen) atoms. The van der Waals surface area contributed by atoms with Gasteiger partial charge in [-0.15, -0.1) is 0 Å². The van der Waals surface area contributed by atoms with Gasteiger partial charge >= 0.3 is 0 Å². The summed E-state index contributed by atoms with van der Waals surface area (Å²) < 4.78 is 2.22. The van der Waals surface area contributed by atoms with Crippen molar-refractivity contribution >= 4 is 11.6 Å². The van der Waals surface area contributed by atoms with Crippen molar-refractivity contribution < 1.29 is 4.79 Å². The third-order valence-corrected chi connectivity index (χ3v) is 3.55. The van der Waals surface area contributed by atoms with Crippen LogP contribution in [0.25, 0.3) is 0 Å². The highest BCUT2D eigenvalue weighted by atomic mass is 16.2. The maximum absolute atomic E-state index is 11.7. The lowest BCUT2D eigenvalue weighted by Crippen LogP contribution is -2.23. The molecule has 1 aromatic carbocycles. The number of amides is 1. The molecule has 1 heterocycles. The highest BCUT2D eigenvalue weighted by molar-refractivity contribution is 5.78. The summed E-state index contributed by atoms with van der Waals surface area (Å²) in [5, 5.41) is 3.41. The maximum Gasteiger partial charge on any atom is 0.226 e. The Kier molecular flexibility index (Phi) is 5.04. The molecule has 0 aliphatic carbocycles. The largest absolute Gasteiger partial charge is 0.379 e. The summed E-state index contributed by atoms with van der Waals surface area (Å²) in [6.07, 6.45) is 2.54. The van der Waals surface area contributed by atoms with E-state index >= 15 is 0 Å². The quantitative estimate of drug-likeness (QED) is 0.886. The molecule has 112 valence electrons. The minimum absolute atomic E-state index is 0.122. The molecule has 0 aliphatic heterocycles. The van der Waals surface area contributed by atoms with Crippen molar-refractivity contribution in [1.82, 2.24) is 9.47 Å². The summed E-state index contributed by atoms with van der Waals surface area (Å²) in [7, 11) is 3.56. The Hall–Kier alpha value is -2.23. The molecular weight excluding hydrogens is 262 g/mol. The van der Waals surface area contributed by atoms with Gasteiger partial charge in [-0.2, -0.15) is 0 Å². The number of carbonyl (C=O) groups is 1. The van der Waals surface area contributed by atoms with E-state index in [1.165, 1.54) is 5.69 Å². The van der Waals surface area contributed by atoms with Gasteiger partial charge in [-0.25, -0.2) is 0 Å². The van der Waals surface area contributed by atoms with Gasteiger partial charge in [-0.1, -0.05) is 12.1 Å². The van der Waals surface area contributed by atoms with Crippen LogP contribution in [0.2, 0.25) is 0 Å². The molecule has 1 amide bonds. The number of hydrogen-bond donors (Lipinski definition) is 1. The average Bonchev–Trinajstić information content (AvgIpc) is 2.94. The second-order valence-corrected chi connectivity index (χ2v) is 5.30. The van der Waals surface area contributed by atoms with Crippen LogP contribution in [-0.2, 0) is 24.3 Å². The van der Waals surface area contributed by atoms with Gasteiger partial charge in [0.2, 0.25) is 5.91 Å². The lowest BCUT2D eigenvalue weighted by molar-refractivity contribution is -0.127.